The number of rotatable bonds is 3. The number of aromatic nitrogens is 3. The lowest BCUT2D eigenvalue weighted by molar-refractivity contribution is -0.117. The summed E-state index contributed by atoms with van der Waals surface area (Å²) in [6.07, 6.45) is 9.31. The molecule has 4 rings (SSSR count). The summed E-state index contributed by atoms with van der Waals surface area (Å²) in [5.74, 6) is 1.67. The zero-order valence-electron chi connectivity index (χ0n) is 14.4. The standard InChI is InChI=1S/C17H22N6OS.ClH/c18-11-2-1-3-12(8-11)22-17(24)14-9-23(6-7-25-14)16-13-4-5-19-15(13)20-10-21-16;/h4-5,9-12H,1-3,6-8,18H2,(H,22,24)(H,19,20,21);1H/t11-,12-;/m1./s1. The molecule has 1 fully saturated rings. The zero-order chi connectivity index (χ0) is 17.2. The molecule has 0 bridgehead atoms. The second-order valence-corrected chi connectivity index (χ2v) is 7.71. The van der Waals surface area contributed by atoms with E-state index in [1.165, 1.54) is 0 Å². The Balaban J connectivity index is 0.00000196. The number of halogens is 1. The van der Waals surface area contributed by atoms with E-state index in [0.29, 0.717) is 0 Å². The zero-order valence-corrected chi connectivity index (χ0v) is 16.0. The normalized spacial score (nSPS) is 23.3. The van der Waals surface area contributed by atoms with Crippen molar-refractivity contribution < 1.29 is 4.79 Å². The van der Waals surface area contributed by atoms with Crippen LogP contribution in [0.4, 0.5) is 5.82 Å². The molecule has 1 aliphatic heterocycles. The van der Waals surface area contributed by atoms with E-state index >= 15 is 0 Å². The molecule has 0 spiro atoms. The first-order chi connectivity index (χ1) is 12.2. The summed E-state index contributed by atoms with van der Waals surface area (Å²) in [4.78, 5) is 27.2. The average Bonchev–Trinajstić information content (AvgIpc) is 3.10. The number of amides is 1. The van der Waals surface area contributed by atoms with Gasteiger partial charge in [-0.15, -0.1) is 24.2 Å². The minimum atomic E-state index is -0.00633. The van der Waals surface area contributed by atoms with Gasteiger partial charge in [0.25, 0.3) is 5.91 Å². The molecule has 4 N–H and O–H groups in total. The summed E-state index contributed by atoms with van der Waals surface area (Å²) < 4.78 is 0. The monoisotopic (exact) mass is 394 g/mol. The van der Waals surface area contributed by atoms with Crippen LogP contribution in [0.2, 0.25) is 0 Å². The summed E-state index contributed by atoms with van der Waals surface area (Å²) in [6, 6.07) is 2.35. The highest BCUT2D eigenvalue weighted by Gasteiger charge is 2.25. The molecule has 140 valence electrons. The lowest BCUT2D eigenvalue weighted by Crippen LogP contribution is -2.43. The summed E-state index contributed by atoms with van der Waals surface area (Å²) in [5.41, 5.74) is 6.83. The van der Waals surface area contributed by atoms with Crippen LogP contribution in [0, 0.1) is 0 Å². The summed E-state index contributed by atoms with van der Waals surface area (Å²) in [6.45, 7) is 0.813. The van der Waals surface area contributed by atoms with Crippen LogP contribution in [-0.4, -0.2) is 45.2 Å². The van der Waals surface area contributed by atoms with E-state index in [0.717, 1.165) is 59.7 Å². The van der Waals surface area contributed by atoms with Crippen LogP contribution >= 0.6 is 24.2 Å². The van der Waals surface area contributed by atoms with E-state index in [4.69, 9.17) is 5.73 Å². The Bertz CT molecular complexity index is 809. The predicted molar refractivity (Wildman–Crippen MR) is 107 cm³/mol. The molecule has 2 aromatic heterocycles. The van der Waals surface area contributed by atoms with Crippen molar-refractivity contribution in [3.63, 3.8) is 0 Å². The van der Waals surface area contributed by atoms with Crippen molar-refractivity contribution in [2.24, 2.45) is 5.73 Å². The van der Waals surface area contributed by atoms with Gasteiger partial charge in [-0.25, -0.2) is 9.97 Å². The molecule has 0 saturated heterocycles. The number of hydrogen-bond acceptors (Lipinski definition) is 6. The summed E-state index contributed by atoms with van der Waals surface area (Å²) in [5, 5.41) is 4.11. The van der Waals surface area contributed by atoms with Gasteiger partial charge in [-0.05, 0) is 31.7 Å². The van der Waals surface area contributed by atoms with Crippen molar-refractivity contribution in [1.82, 2.24) is 20.3 Å². The van der Waals surface area contributed by atoms with E-state index in [-0.39, 0.29) is 30.4 Å². The van der Waals surface area contributed by atoms with Crippen molar-refractivity contribution in [2.45, 2.75) is 37.8 Å². The van der Waals surface area contributed by atoms with Crippen molar-refractivity contribution in [1.29, 1.82) is 0 Å². The third kappa shape index (κ3) is 3.97. The molecular formula is C17H23ClN6OS. The highest BCUT2D eigenvalue weighted by molar-refractivity contribution is 8.04. The van der Waals surface area contributed by atoms with Crippen LogP contribution in [0.15, 0.2) is 29.7 Å². The molecule has 0 unspecified atom stereocenters. The first kappa shape index (κ1) is 19.0. The molecule has 1 aliphatic carbocycles. The van der Waals surface area contributed by atoms with Gasteiger partial charge in [0.1, 0.15) is 17.8 Å². The fourth-order valence-corrected chi connectivity index (χ4v) is 4.39. The Morgan fingerprint density at radius 3 is 3.12 bits per heavy atom. The number of nitrogens with zero attached hydrogens (tertiary/aromatic N) is 3. The molecule has 2 aromatic rings. The molecule has 26 heavy (non-hydrogen) atoms. The number of carbonyl (C=O) groups is 1. The number of H-pyrrole nitrogens is 1. The van der Waals surface area contributed by atoms with E-state index in [9.17, 15) is 4.79 Å². The van der Waals surface area contributed by atoms with Gasteiger partial charge in [0.2, 0.25) is 0 Å². The molecule has 7 nitrogen and oxygen atoms in total. The van der Waals surface area contributed by atoms with Crippen LogP contribution < -0.4 is 16.0 Å². The smallest absolute Gasteiger partial charge is 0.259 e. The molecule has 3 heterocycles. The van der Waals surface area contributed by atoms with Crippen molar-refractivity contribution in [2.75, 3.05) is 17.2 Å². The number of hydrogen-bond donors (Lipinski definition) is 3. The van der Waals surface area contributed by atoms with Crippen LogP contribution in [0.3, 0.4) is 0 Å². The van der Waals surface area contributed by atoms with Gasteiger partial charge >= 0.3 is 0 Å². The average molecular weight is 395 g/mol. The topological polar surface area (TPSA) is 99.9 Å². The summed E-state index contributed by atoms with van der Waals surface area (Å²) >= 11 is 1.59. The molecule has 1 amide bonds. The molecule has 0 aromatic carbocycles. The van der Waals surface area contributed by atoms with Gasteiger partial charge in [-0.1, -0.05) is 0 Å². The van der Waals surface area contributed by atoms with E-state index < -0.39 is 0 Å². The van der Waals surface area contributed by atoms with Gasteiger partial charge in [-0.2, -0.15) is 0 Å². The molecule has 9 heteroatoms. The van der Waals surface area contributed by atoms with Crippen LogP contribution in [0.1, 0.15) is 25.7 Å². The molecule has 2 atom stereocenters. The number of fused-ring (bicyclic) bond motifs is 1. The number of anilines is 1. The van der Waals surface area contributed by atoms with Crippen molar-refractivity contribution in [3.8, 4) is 0 Å². The Morgan fingerprint density at radius 1 is 1.38 bits per heavy atom. The third-order valence-corrected chi connectivity index (χ3v) is 5.73. The lowest BCUT2D eigenvalue weighted by Gasteiger charge is -2.29. The minimum absolute atomic E-state index is 0. The second kappa shape index (κ2) is 8.28. The lowest BCUT2D eigenvalue weighted by atomic mass is 9.91. The van der Waals surface area contributed by atoms with Crippen molar-refractivity contribution in [3.05, 3.63) is 29.7 Å². The van der Waals surface area contributed by atoms with E-state index in [1.807, 2.05) is 23.4 Å². The Labute approximate surface area is 162 Å². The quantitative estimate of drug-likeness (QED) is 0.737. The van der Waals surface area contributed by atoms with Crippen LogP contribution in [0.5, 0.6) is 0 Å². The second-order valence-electron chi connectivity index (χ2n) is 6.57. The van der Waals surface area contributed by atoms with Crippen molar-refractivity contribution >= 4 is 46.9 Å². The fraction of sp³-hybridized carbons (Fsp3) is 0.471. The highest BCUT2D eigenvalue weighted by atomic mass is 35.5. The number of nitrogens with one attached hydrogen (secondary N) is 2. The van der Waals surface area contributed by atoms with Gasteiger partial charge in [0, 0.05) is 36.8 Å². The largest absolute Gasteiger partial charge is 0.349 e. The van der Waals surface area contributed by atoms with Gasteiger partial charge in [-0.3, -0.25) is 4.79 Å². The Kier molecular flexibility index (Phi) is 6.05. The molecular weight excluding hydrogens is 372 g/mol. The molecule has 0 radical (unpaired) electrons. The SMILES string of the molecule is Cl.N[C@@H]1CCC[C@@H](NC(=O)C2=CN(c3ncnc4[nH]ccc34)CCS2)C1. The minimum Gasteiger partial charge on any atom is -0.349 e. The maximum absolute atomic E-state index is 12.7. The third-order valence-electron chi connectivity index (χ3n) is 4.74. The van der Waals surface area contributed by atoms with E-state index in [2.05, 4.69) is 20.3 Å². The van der Waals surface area contributed by atoms with Crippen LogP contribution in [-0.2, 0) is 4.79 Å². The first-order valence-corrected chi connectivity index (χ1v) is 9.65. The fourth-order valence-electron chi connectivity index (χ4n) is 3.49. The Morgan fingerprint density at radius 2 is 2.27 bits per heavy atom. The van der Waals surface area contributed by atoms with E-state index in [1.54, 1.807) is 18.1 Å². The Hall–Kier alpha value is -1.77. The van der Waals surface area contributed by atoms with Gasteiger partial charge < -0.3 is 20.9 Å². The summed E-state index contributed by atoms with van der Waals surface area (Å²) in [7, 11) is 0. The molecule has 2 aliphatic rings. The number of carbonyl (C=O) groups excluding carboxylic acids is 1. The maximum atomic E-state index is 12.7. The highest BCUT2D eigenvalue weighted by Crippen LogP contribution is 2.29. The van der Waals surface area contributed by atoms with Crippen LogP contribution in [0.25, 0.3) is 11.0 Å². The number of nitrogens with two attached hydrogens (primary N) is 1. The predicted octanol–water partition coefficient (Wildman–Crippen LogP) is 2.16. The van der Waals surface area contributed by atoms with Gasteiger partial charge in [0.15, 0.2) is 0 Å². The first-order valence-electron chi connectivity index (χ1n) is 8.66. The number of aromatic amines is 1. The number of thioether (sulfide) groups is 1. The molecule has 1 saturated carbocycles. The van der Waals surface area contributed by atoms with Gasteiger partial charge in [0.05, 0.1) is 10.3 Å². The maximum Gasteiger partial charge on any atom is 0.259 e.